The normalized spacial score (nSPS) is 21.3. The molecule has 0 N–H and O–H groups in total. The summed E-state index contributed by atoms with van der Waals surface area (Å²) in [5.41, 5.74) is 2.81. The van der Waals surface area contributed by atoms with Crippen molar-refractivity contribution in [2.24, 2.45) is 5.92 Å². The van der Waals surface area contributed by atoms with Crippen LogP contribution < -0.4 is 4.74 Å². The van der Waals surface area contributed by atoms with Gasteiger partial charge < -0.3 is 9.64 Å². The van der Waals surface area contributed by atoms with E-state index in [0.29, 0.717) is 23.1 Å². The molecule has 0 radical (unpaired) electrons. The number of amides is 1. The summed E-state index contributed by atoms with van der Waals surface area (Å²) < 4.78 is 5.98. The second-order valence-electron chi connectivity index (χ2n) is 9.75. The number of fused-ring (bicyclic) bond motifs is 3. The van der Waals surface area contributed by atoms with E-state index in [1.807, 2.05) is 37.5 Å². The Labute approximate surface area is 205 Å². The summed E-state index contributed by atoms with van der Waals surface area (Å²) >= 11 is 0. The molecular weight excluding hydrogens is 436 g/mol. The van der Waals surface area contributed by atoms with Crippen LogP contribution in [0.15, 0.2) is 73.3 Å². The Kier molecular flexibility index (Phi) is 5.64. The highest BCUT2D eigenvalue weighted by Crippen LogP contribution is 2.42. The molecule has 2 bridgehead atoms. The van der Waals surface area contributed by atoms with E-state index in [1.54, 1.807) is 18.5 Å². The van der Waals surface area contributed by atoms with Crippen molar-refractivity contribution in [2.45, 2.75) is 51.1 Å². The van der Waals surface area contributed by atoms with E-state index in [1.165, 1.54) is 16.3 Å². The first-order chi connectivity index (χ1) is 17.2. The van der Waals surface area contributed by atoms with Crippen molar-refractivity contribution in [1.82, 2.24) is 19.9 Å². The summed E-state index contributed by atoms with van der Waals surface area (Å²) in [6, 6.07) is 16.5. The van der Waals surface area contributed by atoms with Crippen molar-refractivity contribution in [1.29, 1.82) is 0 Å². The van der Waals surface area contributed by atoms with Crippen LogP contribution >= 0.6 is 0 Å². The Balaban J connectivity index is 1.20. The van der Waals surface area contributed by atoms with Gasteiger partial charge in [-0.15, -0.1) is 0 Å². The third kappa shape index (κ3) is 4.25. The van der Waals surface area contributed by atoms with Gasteiger partial charge in [-0.3, -0.25) is 14.8 Å². The fraction of sp³-hybridized carbons (Fsp3) is 0.310. The summed E-state index contributed by atoms with van der Waals surface area (Å²) in [5, 5.41) is 2.48. The molecule has 0 aliphatic carbocycles. The monoisotopic (exact) mass is 464 g/mol. The van der Waals surface area contributed by atoms with Gasteiger partial charge in [0.25, 0.3) is 5.91 Å². The first-order valence-electron chi connectivity index (χ1n) is 12.4. The van der Waals surface area contributed by atoms with E-state index in [-0.39, 0.29) is 18.0 Å². The van der Waals surface area contributed by atoms with Crippen LogP contribution in [-0.2, 0) is 6.42 Å². The maximum Gasteiger partial charge on any atom is 0.259 e. The van der Waals surface area contributed by atoms with Gasteiger partial charge in [-0.25, -0.2) is 4.98 Å². The molecule has 6 nitrogen and oxygen atoms in total. The molecule has 3 aromatic heterocycles. The molecule has 176 valence electrons. The smallest absolute Gasteiger partial charge is 0.259 e. The molecular formula is C29H28N4O2. The van der Waals surface area contributed by atoms with Crippen LogP contribution in [0.2, 0.25) is 0 Å². The number of ether oxygens (including phenoxy) is 1. The zero-order valence-electron chi connectivity index (χ0n) is 19.8. The third-order valence-corrected chi connectivity index (χ3v) is 7.45. The molecule has 4 aromatic rings. The molecule has 35 heavy (non-hydrogen) atoms. The lowest BCUT2D eigenvalue weighted by molar-refractivity contribution is 0.0521. The summed E-state index contributed by atoms with van der Waals surface area (Å²) in [4.78, 5) is 28.8. The Hall–Kier alpha value is -3.80. The van der Waals surface area contributed by atoms with Crippen molar-refractivity contribution >= 4 is 16.7 Å². The maximum atomic E-state index is 13.7. The predicted molar refractivity (Wildman–Crippen MR) is 134 cm³/mol. The van der Waals surface area contributed by atoms with Gasteiger partial charge in [0.05, 0.1) is 6.20 Å². The number of hydrogen-bond acceptors (Lipinski definition) is 5. The van der Waals surface area contributed by atoms with Gasteiger partial charge in [0, 0.05) is 41.8 Å². The number of piperidine rings is 1. The minimum absolute atomic E-state index is 0.0235. The number of carbonyl (C=O) groups excluding carboxylic acids is 1. The fourth-order valence-electron chi connectivity index (χ4n) is 5.87. The zero-order chi connectivity index (χ0) is 23.8. The summed E-state index contributed by atoms with van der Waals surface area (Å²) in [6.45, 7) is 1.93. The molecule has 2 fully saturated rings. The lowest BCUT2D eigenvalue weighted by Crippen LogP contribution is -2.47. The number of rotatable bonds is 5. The molecule has 2 saturated heterocycles. The molecule has 1 amide bonds. The molecule has 0 spiro atoms. The molecule has 6 heteroatoms. The van der Waals surface area contributed by atoms with E-state index in [9.17, 15) is 4.79 Å². The van der Waals surface area contributed by atoms with Gasteiger partial charge in [-0.05, 0) is 86.2 Å². The topological polar surface area (TPSA) is 68.2 Å². The molecule has 1 aromatic carbocycles. The second-order valence-corrected chi connectivity index (χ2v) is 9.75. The van der Waals surface area contributed by atoms with Gasteiger partial charge >= 0.3 is 0 Å². The number of aryl methyl sites for hydroxylation is 1. The second kappa shape index (κ2) is 9.10. The summed E-state index contributed by atoms with van der Waals surface area (Å²) in [7, 11) is 0. The molecule has 2 aliphatic rings. The molecule has 2 aliphatic heterocycles. The number of carbonyl (C=O) groups is 1. The quantitative estimate of drug-likeness (QED) is 0.376. The van der Waals surface area contributed by atoms with Crippen LogP contribution in [0.1, 0.15) is 47.3 Å². The first kappa shape index (κ1) is 21.7. The lowest BCUT2D eigenvalue weighted by atomic mass is 9.84. The van der Waals surface area contributed by atoms with Gasteiger partial charge in [-0.1, -0.05) is 18.2 Å². The van der Waals surface area contributed by atoms with Gasteiger partial charge in [0.15, 0.2) is 0 Å². The Morgan fingerprint density at radius 1 is 0.971 bits per heavy atom. The van der Waals surface area contributed by atoms with Crippen molar-refractivity contribution in [3.05, 3.63) is 90.1 Å². The van der Waals surface area contributed by atoms with Crippen molar-refractivity contribution < 1.29 is 9.53 Å². The Bertz CT molecular complexity index is 1350. The van der Waals surface area contributed by atoms with Crippen molar-refractivity contribution in [2.75, 3.05) is 0 Å². The van der Waals surface area contributed by atoms with E-state index in [2.05, 4.69) is 44.1 Å². The molecule has 5 heterocycles. The van der Waals surface area contributed by atoms with Gasteiger partial charge in [-0.2, -0.15) is 0 Å². The third-order valence-electron chi connectivity index (χ3n) is 7.45. The number of benzene rings is 1. The maximum absolute atomic E-state index is 13.7. The van der Waals surface area contributed by atoms with Crippen LogP contribution in [-0.4, -0.2) is 37.8 Å². The Morgan fingerprint density at radius 2 is 1.83 bits per heavy atom. The van der Waals surface area contributed by atoms with E-state index in [0.717, 1.165) is 37.8 Å². The SMILES string of the molecule is Cc1ccc(Oc2ncccc2C(=O)N2C3CCC2CC(Cc2cccc4cnccc24)C3)cn1. The largest absolute Gasteiger partial charge is 0.437 e. The molecule has 2 unspecified atom stereocenters. The van der Waals surface area contributed by atoms with Crippen LogP contribution in [0.3, 0.4) is 0 Å². The number of aromatic nitrogens is 3. The average Bonchev–Trinajstić information content (AvgIpc) is 3.15. The summed E-state index contributed by atoms with van der Waals surface area (Å²) in [6.07, 6.45) is 12.4. The van der Waals surface area contributed by atoms with Gasteiger partial charge in [0.2, 0.25) is 5.88 Å². The van der Waals surface area contributed by atoms with E-state index >= 15 is 0 Å². The van der Waals surface area contributed by atoms with Crippen molar-refractivity contribution in [3.63, 3.8) is 0 Å². The zero-order valence-corrected chi connectivity index (χ0v) is 19.8. The minimum atomic E-state index is 0.0235. The van der Waals surface area contributed by atoms with Crippen LogP contribution in [0.4, 0.5) is 0 Å². The van der Waals surface area contributed by atoms with E-state index in [4.69, 9.17) is 4.74 Å². The van der Waals surface area contributed by atoms with Crippen LogP contribution in [0.25, 0.3) is 10.8 Å². The Morgan fingerprint density at radius 3 is 2.63 bits per heavy atom. The standard InChI is InChI=1S/C29H28N4O2/c1-19-7-10-25(18-32-19)35-28-27(6-3-12-31-28)29(34)33-23-8-9-24(33)16-20(15-23)14-21-4-2-5-22-17-30-13-11-26(21)22/h2-7,10-13,17-18,20,23-24H,8-9,14-16H2,1H3. The van der Waals surface area contributed by atoms with Gasteiger partial charge in [0.1, 0.15) is 11.3 Å². The van der Waals surface area contributed by atoms with Crippen molar-refractivity contribution in [3.8, 4) is 11.6 Å². The first-order valence-corrected chi connectivity index (χ1v) is 12.4. The number of hydrogen-bond donors (Lipinski definition) is 0. The van der Waals surface area contributed by atoms with E-state index < -0.39 is 0 Å². The highest BCUT2D eigenvalue weighted by molar-refractivity contribution is 5.97. The number of pyridine rings is 3. The molecule has 6 rings (SSSR count). The number of nitrogens with zero attached hydrogens (tertiary/aromatic N) is 4. The van der Waals surface area contributed by atoms with Crippen LogP contribution in [0, 0.1) is 12.8 Å². The lowest BCUT2D eigenvalue weighted by Gasteiger charge is -2.39. The molecule has 0 saturated carbocycles. The highest BCUT2D eigenvalue weighted by Gasteiger charge is 2.44. The fourth-order valence-corrected chi connectivity index (χ4v) is 5.87. The summed E-state index contributed by atoms with van der Waals surface area (Å²) in [5.74, 6) is 1.51. The highest BCUT2D eigenvalue weighted by atomic mass is 16.5. The predicted octanol–water partition coefficient (Wildman–Crippen LogP) is 5.75. The van der Waals surface area contributed by atoms with Crippen LogP contribution in [0.5, 0.6) is 11.6 Å². The molecule has 2 atom stereocenters. The average molecular weight is 465 g/mol. The minimum Gasteiger partial charge on any atom is -0.437 e.